The van der Waals surface area contributed by atoms with Crippen LogP contribution in [0.3, 0.4) is 0 Å². The Morgan fingerprint density at radius 3 is 2.69 bits per heavy atom. The molecule has 1 aromatic heterocycles. The molecule has 1 saturated carbocycles. The Balaban J connectivity index is 1.31. The van der Waals surface area contributed by atoms with Gasteiger partial charge in [0, 0.05) is 19.3 Å². The number of hydrogen-bond acceptors (Lipinski definition) is 5. The largest absolute Gasteiger partial charge is 0.484 e. The summed E-state index contributed by atoms with van der Waals surface area (Å²) in [6, 6.07) is 8.88. The van der Waals surface area contributed by atoms with Crippen LogP contribution in [0, 0.1) is 24.6 Å². The van der Waals surface area contributed by atoms with E-state index in [1.165, 1.54) is 6.20 Å². The summed E-state index contributed by atoms with van der Waals surface area (Å²) in [5, 5.41) is 13.4. The molecular weight excluding hydrogens is 373 g/mol. The molecule has 1 aliphatic heterocycles. The number of aryl methyl sites for hydroxylation is 1. The summed E-state index contributed by atoms with van der Waals surface area (Å²) in [5.74, 6) is 0.650. The summed E-state index contributed by atoms with van der Waals surface area (Å²) >= 11 is 0. The van der Waals surface area contributed by atoms with E-state index in [0.717, 1.165) is 5.56 Å². The van der Waals surface area contributed by atoms with Crippen LogP contribution in [0.25, 0.3) is 0 Å². The van der Waals surface area contributed by atoms with Gasteiger partial charge in [-0.3, -0.25) is 9.78 Å². The maximum Gasteiger partial charge on any atom is 0.258 e. The molecule has 7 heteroatoms. The van der Waals surface area contributed by atoms with Crippen molar-refractivity contribution in [3.8, 4) is 5.75 Å². The van der Waals surface area contributed by atoms with E-state index in [9.17, 15) is 14.3 Å². The molecule has 2 aromatic rings. The molecule has 1 aromatic carbocycles. The zero-order valence-corrected chi connectivity index (χ0v) is 16.4. The number of pyridine rings is 1. The van der Waals surface area contributed by atoms with Crippen LogP contribution in [-0.2, 0) is 4.79 Å². The van der Waals surface area contributed by atoms with Gasteiger partial charge in [-0.05, 0) is 49.8 Å². The number of aliphatic hydroxyl groups excluding tert-OH is 1. The van der Waals surface area contributed by atoms with Gasteiger partial charge >= 0.3 is 0 Å². The van der Waals surface area contributed by atoms with Gasteiger partial charge in [0.05, 0.1) is 24.0 Å². The predicted octanol–water partition coefficient (Wildman–Crippen LogP) is 2.30. The lowest BCUT2D eigenvalue weighted by Crippen LogP contribution is -2.50. The van der Waals surface area contributed by atoms with Crippen molar-refractivity contribution < 1.29 is 19.0 Å². The number of aromatic nitrogens is 1. The van der Waals surface area contributed by atoms with Crippen molar-refractivity contribution in [1.29, 1.82) is 0 Å². The van der Waals surface area contributed by atoms with Crippen LogP contribution in [-0.4, -0.2) is 47.8 Å². The Morgan fingerprint density at radius 2 is 1.97 bits per heavy atom. The van der Waals surface area contributed by atoms with Gasteiger partial charge < -0.3 is 20.1 Å². The number of carbonyl (C=O) groups excluding carboxylic acids is 1. The summed E-state index contributed by atoms with van der Waals surface area (Å²) in [4.78, 5) is 18.1. The summed E-state index contributed by atoms with van der Waals surface area (Å²) in [6.45, 7) is 3.32. The lowest BCUT2D eigenvalue weighted by atomic mass is 9.77. The van der Waals surface area contributed by atoms with Gasteiger partial charge in [0.25, 0.3) is 5.91 Å². The monoisotopic (exact) mass is 399 g/mol. The van der Waals surface area contributed by atoms with Gasteiger partial charge in [-0.15, -0.1) is 0 Å². The fourth-order valence-corrected chi connectivity index (χ4v) is 4.44. The predicted molar refractivity (Wildman–Crippen MR) is 107 cm³/mol. The molecule has 6 nitrogen and oxygen atoms in total. The number of aliphatic hydroxyl groups is 1. The highest BCUT2D eigenvalue weighted by Gasteiger charge is 2.42. The quantitative estimate of drug-likeness (QED) is 0.807. The first-order chi connectivity index (χ1) is 14.0. The van der Waals surface area contributed by atoms with Crippen LogP contribution in [0.5, 0.6) is 5.75 Å². The molecule has 2 heterocycles. The normalized spacial score (nSPS) is 26.1. The van der Waals surface area contributed by atoms with Gasteiger partial charge in [-0.2, -0.15) is 0 Å². The summed E-state index contributed by atoms with van der Waals surface area (Å²) in [6.07, 6.45) is 3.47. The fourth-order valence-electron chi connectivity index (χ4n) is 4.44. The molecule has 4 rings (SSSR count). The third-order valence-electron chi connectivity index (χ3n) is 5.97. The summed E-state index contributed by atoms with van der Waals surface area (Å²) in [7, 11) is 0. The van der Waals surface area contributed by atoms with Crippen LogP contribution in [0.15, 0.2) is 42.7 Å². The van der Waals surface area contributed by atoms with E-state index in [1.54, 1.807) is 12.3 Å². The van der Waals surface area contributed by atoms with Crippen molar-refractivity contribution in [2.45, 2.75) is 31.9 Å². The number of halogens is 1. The molecule has 2 aliphatic rings. The van der Waals surface area contributed by atoms with E-state index < -0.39 is 6.10 Å². The molecule has 29 heavy (non-hydrogen) atoms. The molecule has 2 N–H and O–H groups in total. The number of hydrogen-bond donors (Lipinski definition) is 2. The number of nitrogens with zero attached hydrogens (tertiary/aromatic N) is 2. The van der Waals surface area contributed by atoms with Crippen LogP contribution < -0.4 is 15.0 Å². The second-order valence-electron chi connectivity index (χ2n) is 8.07. The Bertz CT molecular complexity index is 861. The first-order valence-corrected chi connectivity index (χ1v) is 10.0. The first kappa shape index (κ1) is 19.6. The number of benzene rings is 1. The molecule has 0 spiro atoms. The lowest BCUT2D eigenvalue weighted by Gasteiger charge is -2.35. The van der Waals surface area contributed by atoms with Crippen molar-refractivity contribution >= 4 is 11.6 Å². The van der Waals surface area contributed by atoms with Gasteiger partial charge in [0.2, 0.25) is 0 Å². The van der Waals surface area contributed by atoms with Crippen molar-refractivity contribution in [1.82, 2.24) is 10.3 Å². The van der Waals surface area contributed by atoms with Crippen LogP contribution in [0.2, 0.25) is 0 Å². The van der Waals surface area contributed by atoms with Gasteiger partial charge in [-0.25, -0.2) is 4.39 Å². The third kappa shape index (κ3) is 4.50. The molecule has 0 unspecified atom stereocenters. The Kier molecular flexibility index (Phi) is 5.67. The summed E-state index contributed by atoms with van der Waals surface area (Å²) < 4.78 is 19.6. The number of fused-ring (bicyclic) bond motifs is 1. The molecule has 154 valence electrons. The van der Waals surface area contributed by atoms with Crippen molar-refractivity contribution in [2.75, 3.05) is 24.6 Å². The molecule has 1 aliphatic carbocycles. The topological polar surface area (TPSA) is 74.7 Å². The third-order valence-corrected chi connectivity index (χ3v) is 5.97. The van der Waals surface area contributed by atoms with Crippen molar-refractivity contribution in [2.24, 2.45) is 11.8 Å². The molecule has 0 radical (unpaired) electrons. The Labute approximate surface area is 169 Å². The Morgan fingerprint density at radius 1 is 1.24 bits per heavy atom. The minimum atomic E-state index is -0.609. The molecule has 2 fully saturated rings. The maximum atomic E-state index is 14.1. The first-order valence-electron chi connectivity index (χ1n) is 10.0. The second-order valence-corrected chi connectivity index (χ2v) is 8.07. The minimum absolute atomic E-state index is 0.0886. The van der Waals surface area contributed by atoms with Gasteiger partial charge in [0.1, 0.15) is 5.75 Å². The van der Waals surface area contributed by atoms with E-state index >= 15 is 0 Å². The highest BCUT2D eigenvalue weighted by molar-refractivity contribution is 5.78. The Hall–Kier alpha value is -2.67. The number of rotatable bonds is 5. The molecule has 0 bridgehead atoms. The zero-order valence-electron chi connectivity index (χ0n) is 16.4. The number of carbonyl (C=O) groups is 1. The van der Waals surface area contributed by atoms with Crippen molar-refractivity contribution in [3.63, 3.8) is 0 Å². The van der Waals surface area contributed by atoms with Gasteiger partial charge in [0.15, 0.2) is 12.4 Å². The second kappa shape index (κ2) is 8.37. The maximum absolute atomic E-state index is 14.1. The SMILES string of the molecule is Cc1ccc(OCC(=O)N[C@H]2C[C@H]3CN(c4ccncc4F)C[C@H]3C[C@@H]2O)cc1. The number of amides is 1. The minimum Gasteiger partial charge on any atom is -0.484 e. The highest BCUT2D eigenvalue weighted by atomic mass is 19.1. The van der Waals surface area contributed by atoms with Gasteiger partial charge in [-0.1, -0.05) is 17.7 Å². The smallest absolute Gasteiger partial charge is 0.258 e. The van der Waals surface area contributed by atoms with E-state index in [0.29, 0.717) is 43.3 Å². The molecular formula is C22H26FN3O3. The van der Waals surface area contributed by atoms with E-state index in [1.807, 2.05) is 36.1 Å². The molecule has 1 saturated heterocycles. The summed E-state index contributed by atoms with van der Waals surface area (Å²) in [5.41, 5.74) is 1.68. The lowest BCUT2D eigenvalue weighted by molar-refractivity contribution is -0.125. The van der Waals surface area contributed by atoms with Crippen LogP contribution in [0.4, 0.5) is 10.1 Å². The average molecular weight is 399 g/mol. The van der Waals surface area contributed by atoms with E-state index in [2.05, 4.69) is 10.3 Å². The van der Waals surface area contributed by atoms with Crippen LogP contribution in [0.1, 0.15) is 18.4 Å². The standard InChI is InChI=1S/C22H26FN3O3/c1-14-2-4-17(5-3-14)29-13-22(28)25-19-8-15-11-26(12-16(15)9-21(19)27)20-6-7-24-10-18(20)23/h2-7,10,15-16,19,21,27H,8-9,11-13H2,1H3,(H,25,28)/t15-,16+,19-,21-/m0/s1. The van der Waals surface area contributed by atoms with E-state index in [-0.39, 0.29) is 30.3 Å². The average Bonchev–Trinajstić information content (AvgIpc) is 3.10. The van der Waals surface area contributed by atoms with Crippen molar-refractivity contribution in [3.05, 3.63) is 54.1 Å². The number of anilines is 1. The molecule has 4 atom stereocenters. The zero-order chi connectivity index (χ0) is 20.4. The fraction of sp³-hybridized carbons (Fsp3) is 0.455. The number of nitrogens with one attached hydrogen (secondary N) is 1. The highest BCUT2D eigenvalue weighted by Crippen LogP contribution is 2.38. The molecule has 1 amide bonds. The van der Waals surface area contributed by atoms with Crippen LogP contribution >= 0.6 is 0 Å². The van der Waals surface area contributed by atoms with E-state index in [4.69, 9.17) is 4.74 Å². The number of ether oxygens (including phenoxy) is 1.